The van der Waals surface area contributed by atoms with Crippen LogP contribution in [0.5, 0.6) is 23.0 Å². The zero-order valence-corrected chi connectivity index (χ0v) is 22.9. The topological polar surface area (TPSA) is 124 Å². The third-order valence-corrected chi connectivity index (χ3v) is 6.64. The van der Waals surface area contributed by atoms with Crippen molar-refractivity contribution in [2.75, 3.05) is 45.3 Å². The maximum Gasteiger partial charge on any atom is 0.271 e. The number of non-ortho nitro benzene ring substituents is 1. The summed E-state index contributed by atoms with van der Waals surface area (Å²) in [5, 5.41) is 28.3. The summed E-state index contributed by atoms with van der Waals surface area (Å²) in [5.41, 5.74) is 2.20. The number of aliphatic hydroxyl groups is 1. The molecule has 0 aromatic heterocycles. The minimum absolute atomic E-state index is 0.0169. The number of anilines is 1. The van der Waals surface area contributed by atoms with Crippen molar-refractivity contribution in [3.8, 4) is 23.0 Å². The molecule has 0 amide bonds. The van der Waals surface area contributed by atoms with Gasteiger partial charge in [-0.3, -0.25) is 10.1 Å². The molecular formula is C26H27BrClN3O7. The van der Waals surface area contributed by atoms with Gasteiger partial charge in [-0.25, -0.2) is 0 Å². The molecule has 10 nitrogen and oxygen atoms in total. The predicted octanol–water partition coefficient (Wildman–Crippen LogP) is 5.10. The van der Waals surface area contributed by atoms with Gasteiger partial charge in [0.15, 0.2) is 23.0 Å². The minimum atomic E-state index is -0.875. The summed E-state index contributed by atoms with van der Waals surface area (Å²) in [7, 11) is 1.56. The zero-order chi connectivity index (χ0) is 27.1. The van der Waals surface area contributed by atoms with Gasteiger partial charge in [-0.15, -0.1) is 0 Å². The van der Waals surface area contributed by atoms with Crippen molar-refractivity contribution in [1.29, 1.82) is 0 Å². The molecule has 4 rings (SSSR count). The average molecular weight is 609 g/mol. The molecule has 38 heavy (non-hydrogen) atoms. The first-order valence-corrected chi connectivity index (χ1v) is 13.0. The number of nitro groups is 1. The van der Waals surface area contributed by atoms with Crippen LogP contribution in [0.25, 0.3) is 0 Å². The van der Waals surface area contributed by atoms with Crippen LogP contribution in [0.2, 0.25) is 5.02 Å². The van der Waals surface area contributed by atoms with E-state index in [0.29, 0.717) is 76.6 Å². The highest BCUT2D eigenvalue weighted by atomic mass is 79.9. The van der Waals surface area contributed by atoms with Crippen molar-refractivity contribution < 1.29 is 29.0 Å². The van der Waals surface area contributed by atoms with E-state index in [0.717, 1.165) is 5.56 Å². The number of aliphatic hydroxyl groups excluding tert-OH is 1. The number of hydrogen-bond acceptors (Lipinski definition) is 9. The highest BCUT2D eigenvalue weighted by molar-refractivity contribution is 9.10. The van der Waals surface area contributed by atoms with Gasteiger partial charge in [0, 0.05) is 31.8 Å². The molecule has 0 radical (unpaired) electrons. The molecule has 1 atom stereocenters. The Balaban J connectivity index is 1.28. The molecule has 1 aliphatic heterocycles. The summed E-state index contributed by atoms with van der Waals surface area (Å²) >= 11 is 9.66. The van der Waals surface area contributed by atoms with Gasteiger partial charge in [-0.05, 0) is 57.4 Å². The summed E-state index contributed by atoms with van der Waals surface area (Å²) in [6, 6.07) is 13.4. The first-order chi connectivity index (χ1) is 18.4. The van der Waals surface area contributed by atoms with Gasteiger partial charge < -0.3 is 34.7 Å². The number of nitrogens with one attached hydrogen (secondary N) is 2. The van der Waals surface area contributed by atoms with Gasteiger partial charge in [0.2, 0.25) is 0 Å². The number of benzene rings is 3. The van der Waals surface area contributed by atoms with Crippen molar-refractivity contribution in [3.63, 3.8) is 0 Å². The summed E-state index contributed by atoms with van der Waals surface area (Å²) in [6.07, 6.45) is -0.875. The molecule has 12 heteroatoms. The Hall–Kier alpha value is -3.25. The summed E-state index contributed by atoms with van der Waals surface area (Å²) in [6.45, 7) is 2.74. The van der Waals surface area contributed by atoms with E-state index in [9.17, 15) is 15.2 Å². The Morgan fingerprint density at radius 1 is 1.13 bits per heavy atom. The second-order valence-corrected chi connectivity index (χ2v) is 9.63. The molecule has 0 fully saturated rings. The maximum absolute atomic E-state index is 10.8. The fourth-order valence-corrected chi connectivity index (χ4v) is 4.67. The molecule has 3 aromatic rings. The molecule has 3 aromatic carbocycles. The lowest BCUT2D eigenvalue weighted by atomic mass is 10.1. The Morgan fingerprint density at radius 3 is 2.66 bits per heavy atom. The number of methoxy groups -OCH3 is 1. The summed E-state index contributed by atoms with van der Waals surface area (Å²) < 4.78 is 23.3. The largest absolute Gasteiger partial charge is 0.493 e. The zero-order valence-electron chi connectivity index (χ0n) is 20.5. The van der Waals surface area contributed by atoms with Crippen LogP contribution in [0.3, 0.4) is 0 Å². The van der Waals surface area contributed by atoms with Gasteiger partial charge in [0.1, 0.15) is 25.9 Å². The van der Waals surface area contributed by atoms with Crippen LogP contribution >= 0.6 is 27.5 Å². The second kappa shape index (κ2) is 13.0. The van der Waals surface area contributed by atoms with Crippen LogP contribution in [0.15, 0.2) is 53.0 Å². The van der Waals surface area contributed by atoms with E-state index >= 15 is 0 Å². The van der Waals surface area contributed by atoms with Crippen LogP contribution < -0.4 is 29.6 Å². The van der Waals surface area contributed by atoms with E-state index in [1.165, 1.54) is 12.1 Å². The van der Waals surface area contributed by atoms with Crippen molar-refractivity contribution in [1.82, 2.24) is 5.32 Å². The number of rotatable bonds is 12. The fraction of sp³-hybridized carbons (Fsp3) is 0.308. The van der Waals surface area contributed by atoms with E-state index in [1.807, 2.05) is 12.1 Å². The van der Waals surface area contributed by atoms with E-state index in [1.54, 1.807) is 31.4 Å². The fourth-order valence-electron chi connectivity index (χ4n) is 3.82. The highest BCUT2D eigenvalue weighted by Gasteiger charge is 2.18. The van der Waals surface area contributed by atoms with Gasteiger partial charge >= 0.3 is 0 Å². The van der Waals surface area contributed by atoms with Crippen LogP contribution in [-0.4, -0.2) is 50.0 Å². The molecule has 1 unspecified atom stereocenters. The van der Waals surface area contributed by atoms with Crippen LogP contribution in [0.1, 0.15) is 17.2 Å². The molecule has 1 aliphatic rings. The lowest BCUT2D eigenvalue weighted by Gasteiger charge is -2.21. The lowest BCUT2D eigenvalue weighted by molar-refractivity contribution is -0.384. The number of fused-ring (bicyclic) bond motifs is 1. The third kappa shape index (κ3) is 6.98. The maximum atomic E-state index is 10.8. The highest BCUT2D eigenvalue weighted by Crippen LogP contribution is 2.38. The molecule has 0 spiro atoms. The Kier molecular flexibility index (Phi) is 9.51. The number of ether oxygens (including phenoxy) is 4. The third-order valence-electron chi connectivity index (χ3n) is 5.74. The normalized spacial score (nSPS) is 13.1. The monoisotopic (exact) mass is 607 g/mol. The predicted molar refractivity (Wildman–Crippen MR) is 147 cm³/mol. The van der Waals surface area contributed by atoms with Crippen molar-refractivity contribution >= 4 is 38.9 Å². The molecule has 202 valence electrons. The van der Waals surface area contributed by atoms with Crippen molar-refractivity contribution in [3.05, 3.63) is 79.3 Å². The average Bonchev–Trinajstić information content (AvgIpc) is 2.92. The van der Waals surface area contributed by atoms with Crippen LogP contribution in [0.4, 0.5) is 11.4 Å². The molecule has 0 aliphatic carbocycles. The van der Waals surface area contributed by atoms with E-state index in [-0.39, 0.29) is 12.3 Å². The molecule has 3 N–H and O–H groups in total. The Labute approximate surface area is 233 Å². The molecule has 0 saturated carbocycles. The molecule has 0 saturated heterocycles. The molecular weight excluding hydrogens is 582 g/mol. The van der Waals surface area contributed by atoms with Crippen molar-refractivity contribution in [2.45, 2.75) is 12.6 Å². The van der Waals surface area contributed by atoms with E-state index < -0.39 is 11.0 Å². The van der Waals surface area contributed by atoms with Gasteiger partial charge in [-0.1, -0.05) is 17.7 Å². The minimum Gasteiger partial charge on any atom is -0.493 e. The number of nitrogens with zero attached hydrogens (tertiary/aromatic N) is 1. The molecule has 1 heterocycles. The smallest absolute Gasteiger partial charge is 0.271 e. The van der Waals surface area contributed by atoms with Gasteiger partial charge in [-0.2, -0.15) is 0 Å². The number of nitro benzene ring substituents is 1. The Bertz CT molecular complexity index is 1290. The standard InChI is InChI=1S/C26H27BrClN3O7/c1-35-25-11-16(14-29-6-7-30-21-4-3-18(31(33)34)13-20(21)28)10-19(27)26(25)38-15-22(32)17-2-5-23-24(12-17)37-9-8-36-23/h2-5,10-13,22,29-30,32H,6-9,14-15H2,1H3. The van der Waals surface area contributed by atoms with Gasteiger partial charge in [0.05, 0.1) is 27.2 Å². The Morgan fingerprint density at radius 2 is 1.92 bits per heavy atom. The lowest BCUT2D eigenvalue weighted by Crippen LogP contribution is -2.22. The van der Waals surface area contributed by atoms with Gasteiger partial charge in [0.25, 0.3) is 5.69 Å². The molecule has 0 bridgehead atoms. The summed E-state index contributed by atoms with van der Waals surface area (Å²) in [5.74, 6) is 2.28. The number of halogens is 2. The second-order valence-electron chi connectivity index (χ2n) is 8.36. The van der Waals surface area contributed by atoms with Crippen molar-refractivity contribution in [2.24, 2.45) is 0 Å². The first kappa shape index (κ1) is 27.8. The first-order valence-electron chi connectivity index (χ1n) is 11.8. The number of hydrogen-bond donors (Lipinski definition) is 3. The quantitative estimate of drug-likeness (QED) is 0.146. The van der Waals surface area contributed by atoms with Crippen LogP contribution in [-0.2, 0) is 6.54 Å². The van der Waals surface area contributed by atoms with E-state index in [4.69, 9.17) is 30.5 Å². The summed E-state index contributed by atoms with van der Waals surface area (Å²) in [4.78, 5) is 10.4. The SMILES string of the molecule is COc1cc(CNCCNc2ccc([N+](=O)[O-])cc2Cl)cc(Br)c1OCC(O)c1ccc2c(c1)OCCO2. The van der Waals surface area contributed by atoms with Crippen LogP contribution in [0, 0.1) is 10.1 Å². The van der Waals surface area contributed by atoms with E-state index in [2.05, 4.69) is 26.6 Å².